The number of carboxylic acids is 1. The van der Waals surface area contributed by atoms with E-state index in [2.05, 4.69) is 5.32 Å². The van der Waals surface area contributed by atoms with Crippen molar-refractivity contribution in [3.63, 3.8) is 0 Å². The Labute approximate surface area is 152 Å². The molecular weight excluding hydrogens is 332 g/mol. The predicted molar refractivity (Wildman–Crippen MR) is 98.0 cm³/mol. The summed E-state index contributed by atoms with van der Waals surface area (Å²) in [7, 11) is 1.69. The minimum atomic E-state index is -1.01. The van der Waals surface area contributed by atoms with Gasteiger partial charge in [-0.3, -0.25) is 14.4 Å². The zero-order valence-electron chi connectivity index (χ0n) is 14.8. The minimum absolute atomic E-state index is 0.174. The van der Waals surface area contributed by atoms with Crippen LogP contribution in [0.4, 0.5) is 0 Å². The quantitative estimate of drug-likeness (QED) is 0.800. The van der Waals surface area contributed by atoms with Crippen LogP contribution < -0.4 is 5.32 Å². The molecule has 0 bridgehead atoms. The van der Waals surface area contributed by atoms with Gasteiger partial charge in [-0.05, 0) is 30.7 Å². The van der Waals surface area contributed by atoms with Crippen LogP contribution in [-0.2, 0) is 4.79 Å². The van der Waals surface area contributed by atoms with E-state index in [0.29, 0.717) is 23.2 Å². The SMILES string of the molecule is CCN(C)C(=O)c1cccc(C(=O)NC(CC(=O)O)c2ccccc2)c1. The lowest BCUT2D eigenvalue weighted by Crippen LogP contribution is -2.31. The highest BCUT2D eigenvalue weighted by Crippen LogP contribution is 2.18. The molecule has 0 saturated heterocycles. The summed E-state index contributed by atoms with van der Waals surface area (Å²) in [5.74, 6) is -1.60. The number of amides is 2. The topological polar surface area (TPSA) is 86.7 Å². The lowest BCUT2D eigenvalue weighted by Gasteiger charge is -2.18. The Kier molecular flexibility index (Phi) is 6.49. The number of aliphatic carboxylic acids is 1. The molecule has 0 heterocycles. The molecule has 2 aromatic rings. The molecule has 0 aliphatic carbocycles. The Balaban J connectivity index is 2.21. The first-order chi connectivity index (χ1) is 12.4. The van der Waals surface area contributed by atoms with Crippen molar-refractivity contribution >= 4 is 17.8 Å². The largest absolute Gasteiger partial charge is 0.481 e. The Hall–Kier alpha value is -3.15. The van der Waals surface area contributed by atoms with E-state index in [0.717, 1.165) is 0 Å². The van der Waals surface area contributed by atoms with Crippen molar-refractivity contribution in [3.8, 4) is 0 Å². The number of benzene rings is 2. The first-order valence-corrected chi connectivity index (χ1v) is 8.35. The molecule has 0 radical (unpaired) electrons. The van der Waals surface area contributed by atoms with E-state index in [1.807, 2.05) is 13.0 Å². The number of rotatable bonds is 7. The van der Waals surface area contributed by atoms with Gasteiger partial charge in [-0.15, -0.1) is 0 Å². The van der Waals surface area contributed by atoms with Crippen molar-refractivity contribution in [2.24, 2.45) is 0 Å². The lowest BCUT2D eigenvalue weighted by molar-refractivity contribution is -0.137. The molecule has 6 nitrogen and oxygen atoms in total. The maximum atomic E-state index is 12.6. The summed E-state index contributed by atoms with van der Waals surface area (Å²) in [5.41, 5.74) is 1.43. The van der Waals surface area contributed by atoms with Gasteiger partial charge in [-0.25, -0.2) is 0 Å². The molecule has 26 heavy (non-hydrogen) atoms. The number of carbonyl (C=O) groups is 3. The first-order valence-electron chi connectivity index (χ1n) is 8.35. The fraction of sp³-hybridized carbons (Fsp3) is 0.250. The van der Waals surface area contributed by atoms with Gasteiger partial charge in [0.1, 0.15) is 0 Å². The van der Waals surface area contributed by atoms with Crippen molar-refractivity contribution in [2.45, 2.75) is 19.4 Å². The third kappa shape index (κ3) is 4.92. The number of carbonyl (C=O) groups excluding carboxylic acids is 2. The Morgan fingerprint density at radius 2 is 1.69 bits per heavy atom. The van der Waals surface area contributed by atoms with E-state index in [1.165, 1.54) is 6.07 Å². The smallest absolute Gasteiger partial charge is 0.305 e. The van der Waals surface area contributed by atoms with Crippen molar-refractivity contribution in [1.29, 1.82) is 0 Å². The first kappa shape index (κ1) is 19.2. The van der Waals surface area contributed by atoms with Crippen LogP contribution in [0.5, 0.6) is 0 Å². The molecule has 2 rings (SSSR count). The maximum absolute atomic E-state index is 12.6. The van der Waals surface area contributed by atoms with Gasteiger partial charge >= 0.3 is 5.97 Å². The number of carboxylic acid groups (broad SMARTS) is 1. The second-order valence-corrected chi connectivity index (χ2v) is 5.93. The van der Waals surface area contributed by atoms with Gasteiger partial charge in [0.25, 0.3) is 11.8 Å². The van der Waals surface area contributed by atoms with Crippen molar-refractivity contribution in [3.05, 3.63) is 71.3 Å². The van der Waals surface area contributed by atoms with Crippen LogP contribution >= 0.6 is 0 Å². The Morgan fingerprint density at radius 3 is 2.31 bits per heavy atom. The molecule has 0 aliphatic heterocycles. The molecule has 6 heteroatoms. The highest BCUT2D eigenvalue weighted by molar-refractivity contribution is 5.99. The zero-order chi connectivity index (χ0) is 19.1. The van der Waals surface area contributed by atoms with Crippen molar-refractivity contribution in [2.75, 3.05) is 13.6 Å². The molecular formula is C20H22N2O4. The maximum Gasteiger partial charge on any atom is 0.305 e. The monoisotopic (exact) mass is 354 g/mol. The summed E-state index contributed by atoms with van der Waals surface area (Å²) in [6, 6.07) is 14.7. The van der Waals surface area contributed by atoms with Crippen LogP contribution in [0.15, 0.2) is 54.6 Å². The summed E-state index contributed by atoms with van der Waals surface area (Å²) in [4.78, 5) is 37.6. The molecule has 0 aromatic heterocycles. The molecule has 0 spiro atoms. The summed E-state index contributed by atoms with van der Waals surface area (Å²) in [5, 5.41) is 11.9. The van der Waals surface area contributed by atoms with Crippen molar-refractivity contribution in [1.82, 2.24) is 10.2 Å². The lowest BCUT2D eigenvalue weighted by atomic mass is 10.0. The standard InChI is InChI=1S/C20H22N2O4/c1-3-22(2)20(26)16-11-7-10-15(12-16)19(25)21-17(13-18(23)24)14-8-5-4-6-9-14/h4-12,17H,3,13H2,1-2H3,(H,21,25)(H,23,24). The summed E-state index contributed by atoms with van der Waals surface area (Å²) in [6.45, 7) is 2.43. The van der Waals surface area contributed by atoms with E-state index < -0.39 is 17.9 Å². The molecule has 2 aromatic carbocycles. The van der Waals surface area contributed by atoms with Crippen LogP contribution in [-0.4, -0.2) is 41.4 Å². The second-order valence-electron chi connectivity index (χ2n) is 5.93. The van der Waals surface area contributed by atoms with Gasteiger partial charge in [-0.1, -0.05) is 36.4 Å². The normalized spacial score (nSPS) is 11.5. The molecule has 1 atom stereocenters. The van der Waals surface area contributed by atoms with E-state index in [1.54, 1.807) is 54.4 Å². The third-order valence-electron chi connectivity index (χ3n) is 4.08. The van der Waals surface area contributed by atoms with Gasteiger partial charge < -0.3 is 15.3 Å². The van der Waals surface area contributed by atoms with Crippen LogP contribution in [0.2, 0.25) is 0 Å². The molecule has 2 amide bonds. The average Bonchev–Trinajstić information content (AvgIpc) is 2.66. The van der Waals surface area contributed by atoms with E-state index in [4.69, 9.17) is 5.11 Å². The van der Waals surface area contributed by atoms with Gasteiger partial charge in [0, 0.05) is 24.7 Å². The summed E-state index contributed by atoms with van der Waals surface area (Å²) < 4.78 is 0. The average molecular weight is 354 g/mol. The summed E-state index contributed by atoms with van der Waals surface area (Å²) >= 11 is 0. The number of nitrogens with one attached hydrogen (secondary N) is 1. The number of hydrogen-bond acceptors (Lipinski definition) is 3. The number of hydrogen-bond donors (Lipinski definition) is 2. The molecule has 2 N–H and O–H groups in total. The van der Waals surface area contributed by atoms with Gasteiger partial charge in [0.15, 0.2) is 0 Å². The summed E-state index contributed by atoms with van der Waals surface area (Å²) in [6.07, 6.45) is -0.229. The molecule has 136 valence electrons. The third-order valence-corrected chi connectivity index (χ3v) is 4.08. The molecule has 1 unspecified atom stereocenters. The van der Waals surface area contributed by atoms with Gasteiger partial charge in [0.2, 0.25) is 0 Å². The molecule has 0 aliphatic rings. The van der Waals surface area contributed by atoms with Crippen molar-refractivity contribution < 1.29 is 19.5 Å². The second kappa shape index (κ2) is 8.80. The Bertz CT molecular complexity index is 789. The molecule has 0 saturated carbocycles. The van der Waals surface area contributed by atoms with E-state index >= 15 is 0 Å². The van der Waals surface area contributed by atoms with Crippen LogP contribution in [0.3, 0.4) is 0 Å². The van der Waals surface area contributed by atoms with Crippen LogP contribution in [0.1, 0.15) is 45.7 Å². The highest BCUT2D eigenvalue weighted by atomic mass is 16.4. The van der Waals surface area contributed by atoms with Gasteiger partial charge in [-0.2, -0.15) is 0 Å². The van der Waals surface area contributed by atoms with E-state index in [9.17, 15) is 14.4 Å². The van der Waals surface area contributed by atoms with Crippen LogP contribution in [0.25, 0.3) is 0 Å². The number of nitrogens with zero attached hydrogens (tertiary/aromatic N) is 1. The minimum Gasteiger partial charge on any atom is -0.481 e. The zero-order valence-corrected chi connectivity index (χ0v) is 14.8. The van der Waals surface area contributed by atoms with E-state index in [-0.39, 0.29) is 12.3 Å². The molecule has 0 fully saturated rings. The fourth-order valence-electron chi connectivity index (χ4n) is 2.51. The fourth-order valence-corrected chi connectivity index (χ4v) is 2.51. The van der Waals surface area contributed by atoms with Gasteiger partial charge in [0.05, 0.1) is 12.5 Å². The van der Waals surface area contributed by atoms with Crippen LogP contribution in [0, 0.1) is 0 Å². The highest BCUT2D eigenvalue weighted by Gasteiger charge is 2.20. The predicted octanol–water partition coefficient (Wildman–Crippen LogP) is 2.72. The Morgan fingerprint density at radius 1 is 1.04 bits per heavy atom.